The first-order chi connectivity index (χ1) is 8.47. The van der Waals surface area contributed by atoms with Crippen LogP contribution in [-0.2, 0) is 12.7 Å². The maximum atomic E-state index is 13.0. The zero-order chi connectivity index (χ0) is 13.2. The summed E-state index contributed by atoms with van der Waals surface area (Å²) in [5.74, 6) is -1.27. The van der Waals surface area contributed by atoms with Gasteiger partial charge in [-0.3, -0.25) is 5.10 Å². The molecule has 0 saturated heterocycles. The van der Waals surface area contributed by atoms with Gasteiger partial charge in [-0.25, -0.2) is 4.39 Å². The molecule has 0 radical (unpaired) electrons. The van der Waals surface area contributed by atoms with Gasteiger partial charge in [-0.05, 0) is 17.7 Å². The van der Waals surface area contributed by atoms with E-state index in [0.717, 1.165) is 12.1 Å². The first kappa shape index (κ1) is 12.4. The maximum Gasteiger partial charge on any atom is 0.419 e. The number of aromatic amines is 1. The Morgan fingerprint density at radius 2 is 2.06 bits per heavy atom. The Morgan fingerprint density at radius 1 is 1.28 bits per heavy atom. The van der Waals surface area contributed by atoms with Crippen molar-refractivity contribution in [3.63, 3.8) is 0 Å². The van der Waals surface area contributed by atoms with Crippen molar-refractivity contribution in [1.82, 2.24) is 10.2 Å². The molecule has 2 rings (SSSR count). The average Bonchev–Trinajstić information content (AvgIpc) is 2.79. The lowest BCUT2D eigenvalue weighted by Gasteiger charge is -2.10. The zero-order valence-electron chi connectivity index (χ0n) is 9.05. The van der Waals surface area contributed by atoms with Crippen LogP contribution >= 0.6 is 0 Å². The predicted molar refractivity (Wildman–Crippen MR) is 57.3 cm³/mol. The van der Waals surface area contributed by atoms with Gasteiger partial charge < -0.3 is 5.32 Å². The van der Waals surface area contributed by atoms with Crippen LogP contribution in [0.5, 0.6) is 0 Å². The van der Waals surface area contributed by atoms with Gasteiger partial charge in [0.25, 0.3) is 0 Å². The number of hydrogen-bond donors (Lipinski definition) is 2. The lowest BCUT2D eigenvalue weighted by atomic mass is 10.1. The van der Waals surface area contributed by atoms with Gasteiger partial charge in [-0.2, -0.15) is 18.3 Å². The molecule has 0 aliphatic heterocycles. The van der Waals surface area contributed by atoms with Crippen LogP contribution in [0.2, 0.25) is 0 Å². The van der Waals surface area contributed by atoms with Gasteiger partial charge >= 0.3 is 6.18 Å². The second-order valence-corrected chi connectivity index (χ2v) is 3.65. The molecular formula is C11H9F4N3. The quantitative estimate of drug-likeness (QED) is 0.831. The molecule has 96 valence electrons. The molecule has 0 atom stereocenters. The molecule has 2 N–H and O–H groups in total. The Morgan fingerprint density at radius 3 is 2.67 bits per heavy atom. The van der Waals surface area contributed by atoms with E-state index in [4.69, 9.17) is 0 Å². The van der Waals surface area contributed by atoms with E-state index in [1.54, 1.807) is 6.20 Å². The molecule has 0 spiro atoms. The normalized spacial score (nSPS) is 11.6. The lowest BCUT2D eigenvalue weighted by molar-refractivity contribution is -0.140. The topological polar surface area (TPSA) is 40.7 Å². The molecule has 1 heterocycles. The number of nitrogens with one attached hydrogen (secondary N) is 2. The number of H-pyrrole nitrogens is 1. The van der Waals surface area contributed by atoms with Crippen LogP contribution < -0.4 is 5.32 Å². The molecule has 3 nitrogen and oxygen atoms in total. The van der Waals surface area contributed by atoms with Crippen LogP contribution in [0.4, 0.5) is 23.2 Å². The van der Waals surface area contributed by atoms with Gasteiger partial charge in [0.15, 0.2) is 0 Å². The number of alkyl halides is 3. The summed E-state index contributed by atoms with van der Waals surface area (Å²) < 4.78 is 50.4. The van der Waals surface area contributed by atoms with Gasteiger partial charge in [0.1, 0.15) is 5.82 Å². The van der Waals surface area contributed by atoms with Crippen molar-refractivity contribution in [2.45, 2.75) is 12.7 Å². The van der Waals surface area contributed by atoms with Crippen LogP contribution in [0.25, 0.3) is 0 Å². The van der Waals surface area contributed by atoms with Crippen LogP contribution in [0.3, 0.4) is 0 Å². The highest BCUT2D eigenvalue weighted by Crippen LogP contribution is 2.31. The Kier molecular flexibility index (Phi) is 3.22. The second-order valence-electron chi connectivity index (χ2n) is 3.65. The molecule has 0 amide bonds. The molecule has 0 saturated carbocycles. The van der Waals surface area contributed by atoms with E-state index in [2.05, 4.69) is 15.5 Å². The molecule has 1 aromatic carbocycles. The third kappa shape index (κ3) is 2.79. The number of anilines is 1. The fraction of sp³-hybridized carbons (Fsp3) is 0.182. The third-order valence-electron chi connectivity index (χ3n) is 2.33. The van der Waals surface area contributed by atoms with Gasteiger partial charge in [-0.15, -0.1) is 0 Å². The molecular weight excluding hydrogens is 250 g/mol. The largest absolute Gasteiger partial charge is 0.419 e. The fourth-order valence-corrected chi connectivity index (χ4v) is 1.45. The monoisotopic (exact) mass is 259 g/mol. The van der Waals surface area contributed by atoms with Gasteiger partial charge in [0.2, 0.25) is 0 Å². The van der Waals surface area contributed by atoms with Crippen molar-refractivity contribution >= 4 is 5.69 Å². The van der Waals surface area contributed by atoms with Crippen LogP contribution in [0, 0.1) is 5.82 Å². The molecule has 0 aliphatic rings. The summed E-state index contributed by atoms with van der Waals surface area (Å²) in [7, 11) is 0. The van der Waals surface area contributed by atoms with Crippen LogP contribution in [-0.4, -0.2) is 10.2 Å². The minimum Gasteiger partial charge on any atom is -0.378 e. The predicted octanol–water partition coefficient (Wildman–Crippen LogP) is 3.18. The summed E-state index contributed by atoms with van der Waals surface area (Å²) in [6.07, 6.45) is -1.63. The van der Waals surface area contributed by atoms with Crippen molar-refractivity contribution < 1.29 is 17.6 Å². The van der Waals surface area contributed by atoms with Crippen molar-refractivity contribution in [3.8, 4) is 0 Å². The zero-order valence-corrected chi connectivity index (χ0v) is 9.05. The van der Waals surface area contributed by atoms with E-state index in [1.807, 2.05) is 0 Å². The smallest absolute Gasteiger partial charge is 0.378 e. The number of benzene rings is 1. The molecule has 18 heavy (non-hydrogen) atoms. The molecule has 0 fully saturated rings. The van der Waals surface area contributed by atoms with Crippen LogP contribution in [0.1, 0.15) is 11.1 Å². The summed E-state index contributed by atoms with van der Waals surface area (Å²) >= 11 is 0. The first-order valence-corrected chi connectivity index (χ1v) is 5.05. The van der Waals surface area contributed by atoms with Gasteiger partial charge in [0.05, 0.1) is 17.4 Å². The SMILES string of the molecule is Fc1ccc(CNc2cn[nH]c2)cc1C(F)(F)F. The molecule has 2 aromatic rings. The summed E-state index contributed by atoms with van der Waals surface area (Å²) in [6.45, 7) is 0.156. The van der Waals surface area contributed by atoms with Crippen LogP contribution in [0.15, 0.2) is 30.6 Å². The van der Waals surface area contributed by atoms with Crippen molar-refractivity contribution in [2.24, 2.45) is 0 Å². The summed E-state index contributed by atoms with van der Waals surface area (Å²) in [6, 6.07) is 2.91. The fourth-order valence-electron chi connectivity index (χ4n) is 1.45. The van der Waals surface area contributed by atoms with Gasteiger partial charge in [0, 0.05) is 12.7 Å². The number of aromatic nitrogens is 2. The average molecular weight is 259 g/mol. The highest BCUT2D eigenvalue weighted by Gasteiger charge is 2.34. The summed E-state index contributed by atoms with van der Waals surface area (Å²) in [5, 5.41) is 9.09. The number of halogens is 4. The van der Waals surface area contributed by atoms with Crippen molar-refractivity contribution in [3.05, 3.63) is 47.5 Å². The first-order valence-electron chi connectivity index (χ1n) is 5.05. The molecule has 7 heteroatoms. The minimum atomic E-state index is -4.68. The molecule has 0 unspecified atom stereocenters. The number of hydrogen-bond acceptors (Lipinski definition) is 2. The molecule has 0 bridgehead atoms. The number of rotatable bonds is 3. The Bertz CT molecular complexity index is 520. The summed E-state index contributed by atoms with van der Waals surface area (Å²) in [5.41, 5.74) is -0.271. The highest BCUT2D eigenvalue weighted by atomic mass is 19.4. The Labute approximate surface area is 99.8 Å². The Hall–Kier alpha value is -2.05. The van der Waals surface area contributed by atoms with Crippen molar-refractivity contribution in [2.75, 3.05) is 5.32 Å². The lowest BCUT2D eigenvalue weighted by Crippen LogP contribution is -2.09. The standard InChI is InChI=1S/C11H9F4N3/c12-10-2-1-7(3-9(10)11(13,14)15)4-16-8-5-17-18-6-8/h1-3,5-6,16H,4H2,(H,17,18). The maximum absolute atomic E-state index is 13.0. The van der Waals surface area contributed by atoms with Crippen molar-refractivity contribution in [1.29, 1.82) is 0 Å². The minimum absolute atomic E-state index is 0.156. The van der Waals surface area contributed by atoms with E-state index in [-0.39, 0.29) is 6.54 Å². The van der Waals surface area contributed by atoms with Gasteiger partial charge in [-0.1, -0.05) is 6.07 Å². The van der Waals surface area contributed by atoms with E-state index >= 15 is 0 Å². The third-order valence-corrected chi connectivity index (χ3v) is 2.33. The van der Waals surface area contributed by atoms with E-state index in [0.29, 0.717) is 11.3 Å². The molecule has 0 aliphatic carbocycles. The highest BCUT2D eigenvalue weighted by molar-refractivity contribution is 5.39. The molecule has 1 aromatic heterocycles. The summed E-state index contributed by atoms with van der Waals surface area (Å²) in [4.78, 5) is 0. The van der Waals surface area contributed by atoms with E-state index in [9.17, 15) is 17.6 Å². The van der Waals surface area contributed by atoms with E-state index < -0.39 is 17.6 Å². The second kappa shape index (κ2) is 4.67. The Balaban J connectivity index is 2.15. The van der Waals surface area contributed by atoms with E-state index in [1.165, 1.54) is 12.3 Å². The number of nitrogens with zero attached hydrogens (tertiary/aromatic N) is 1.